The fraction of sp³-hybridized carbons (Fsp3) is 0.421. The topological polar surface area (TPSA) is 71.4 Å². The van der Waals surface area contributed by atoms with Gasteiger partial charge in [-0.1, -0.05) is 12.1 Å². The van der Waals surface area contributed by atoms with Gasteiger partial charge in [0.15, 0.2) is 5.96 Å². The fourth-order valence-corrected chi connectivity index (χ4v) is 2.37. The van der Waals surface area contributed by atoms with Gasteiger partial charge in [-0.25, -0.2) is 15.0 Å². The molecule has 6 nitrogen and oxygen atoms in total. The molecule has 2 aromatic rings. The van der Waals surface area contributed by atoms with E-state index in [2.05, 4.69) is 50.7 Å². The molecule has 0 saturated heterocycles. The van der Waals surface area contributed by atoms with Crippen molar-refractivity contribution in [1.29, 1.82) is 0 Å². The number of nitrogens with zero attached hydrogens (tertiary/aromatic N) is 3. The summed E-state index contributed by atoms with van der Waals surface area (Å²) in [5, 5.41) is 6.56. The lowest BCUT2D eigenvalue weighted by molar-refractivity contribution is 0.336. The van der Waals surface area contributed by atoms with Gasteiger partial charge < -0.3 is 15.4 Å². The van der Waals surface area contributed by atoms with Gasteiger partial charge in [-0.2, -0.15) is 0 Å². The second-order valence-electron chi connectivity index (χ2n) is 5.69. The molecular formula is C19H27N5O. The normalized spacial score (nSPS) is 11.3. The maximum atomic E-state index is 5.73. The summed E-state index contributed by atoms with van der Waals surface area (Å²) >= 11 is 0. The van der Waals surface area contributed by atoms with Gasteiger partial charge in [0.25, 0.3) is 0 Å². The van der Waals surface area contributed by atoms with Crippen molar-refractivity contribution in [3.8, 4) is 5.75 Å². The van der Waals surface area contributed by atoms with Gasteiger partial charge in [-0.15, -0.1) is 0 Å². The molecule has 2 rings (SSSR count). The predicted molar refractivity (Wildman–Crippen MR) is 101 cm³/mol. The highest BCUT2D eigenvalue weighted by atomic mass is 16.5. The first-order valence-electron chi connectivity index (χ1n) is 8.65. The molecule has 0 unspecified atom stereocenters. The third-order valence-corrected chi connectivity index (χ3v) is 3.54. The van der Waals surface area contributed by atoms with Crippen molar-refractivity contribution in [2.75, 3.05) is 13.2 Å². The zero-order chi connectivity index (χ0) is 18.1. The first kappa shape index (κ1) is 18.7. The number of rotatable bonds is 7. The molecule has 134 valence electrons. The Bertz CT molecular complexity index is 715. The minimum Gasteiger partial charge on any atom is -0.494 e. The van der Waals surface area contributed by atoms with Crippen LogP contribution in [0.5, 0.6) is 5.75 Å². The number of aryl methyl sites for hydroxylation is 2. The quantitative estimate of drug-likeness (QED) is 0.598. The van der Waals surface area contributed by atoms with Crippen molar-refractivity contribution in [2.45, 2.75) is 40.8 Å². The number of hydrogen-bond donors (Lipinski definition) is 2. The minimum atomic E-state index is 0.549. The fourth-order valence-electron chi connectivity index (χ4n) is 2.37. The van der Waals surface area contributed by atoms with Gasteiger partial charge in [-0.05, 0) is 45.4 Å². The second-order valence-corrected chi connectivity index (χ2v) is 5.69. The number of ether oxygens (including phenoxy) is 1. The van der Waals surface area contributed by atoms with E-state index in [1.165, 1.54) is 5.56 Å². The molecule has 1 aromatic heterocycles. The molecule has 0 fully saturated rings. The van der Waals surface area contributed by atoms with Crippen molar-refractivity contribution >= 4 is 5.96 Å². The van der Waals surface area contributed by atoms with Crippen molar-refractivity contribution in [3.63, 3.8) is 0 Å². The minimum absolute atomic E-state index is 0.549. The lowest BCUT2D eigenvalue weighted by Crippen LogP contribution is -2.37. The van der Waals surface area contributed by atoms with Gasteiger partial charge in [0.2, 0.25) is 0 Å². The highest BCUT2D eigenvalue weighted by Crippen LogP contribution is 2.21. The molecule has 0 atom stereocenters. The highest BCUT2D eigenvalue weighted by Gasteiger charge is 2.05. The van der Waals surface area contributed by atoms with Gasteiger partial charge in [0, 0.05) is 18.3 Å². The Kier molecular flexibility index (Phi) is 7.19. The Morgan fingerprint density at radius 1 is 1.16 bits per heavy atom. The van der Waals surface area contributed by atoms with E-state index in [9.17, 15) is 0 Å². The van der Waals surface area contributed by atoms with Gasteiger partial charge >= 0.3 is 0 Å². The van der Waals surface area contributed by atoms with E-state index in [1.54, 1.807) is 6.20 Å². The Labute approximate surface area is 149 Å². The molecule has 0 bridgehead atoms. The summed E-state index contributed by atoms with van der Waals surface area (Å²) in [5.74, 6) is 2.41. The molecule has 1 heterocycles. The van der Waals surface area contributed by atoms with Crippen LogP contribution in [0.25, 0.3) is 0 Å². The summed E-state index contributed by atoms with van der Waals surface area (Å²) in [6.45, 7) is 10.6. The molecule has 0 aliphatic rings. The van der Waals surface area contributed by atoms with E-state index < -0.39 is 0 Å². The van der Waals surface area contributed by atoms with Crippen LogP contribution < -0.4 is 15.4 Å². The second kappa shape index (κ2) is 9.61. The van der Waals surface area contributed by atoms with Crippen LogP contribution in [0.1, 0.15) is 36.5 Å². The molecule has 25 heavy (non-hydrogen) atoms. The van der Waals surface area contributed by atoms with Crippen LogP contribution in [0.4, 0.5) is 0 Å². The van der Waals surface area contributed by atoms with Crippen molar-refractivity contribution in [2.24, 2.45) is 4.99 Å². The van der Waals surface area contributed by atoms with Crippen LogP contribution >= 0.6 is 0 Å². The van der Waals surface area contributed by atoms with E-state index in [-0.39, 0.29) is 0 Å². The smallest absolute Gasteiger partial charge is 0.191 e. The lowest BCUT2D eigenvalue weighted by atomic mass is 10.1. The third-order valence-electron chi connectivity index (χ3n) is 3.54. The predicted octanol–water partition coefficient (Wildman–Crippen LogP) is 2.75. The van der Waals surface area contributed by atoms with Crippen molar-refractivity contribution < 1.29 is 4.74 Å². The Morgan fingerprint density at radius 3 is 2.72 bits per heavy atom. The van der Waals surface area contributed by atoms with Crippen LogP contribution in [0, 0.1) is 13.8 Å². The van der Waals surface area contributed by atoms with E-state index >= 15 is 0 Å². The molecular weight excluding hydrogens is 314 g/mol. The first-order chi connectivity index (χ1) is 12.1. The van der Waals surface area contributed by atoms with Gasteiger partial charge in [-0.3, -0.25) is 0 Å². The summed E-state index contributed by atoms with van der Waals surface area (Å²) in [7, 11) is 0. The summed E-state index contributed by atoms with van der Waals surface area (Å²) in [4.78, 5) is 13.2. The van der Waals surface area contributed by atoms with Crippen LogP contribution in [0.15, 0.2) is 35.5 Å². The molecule has 0 radical (unpaired) electrons. The lowest BCUT2D eigenvalue weighted by Gasteiger charge is -2.13. The van der Waals surface area contributed by atoms with E-state index in [0.717, 1.165) is 35.3 Å². The number of nitrogens with one attached hydrogen (secondary N) is 2. The number of benzene rings is 1. The van der Waals surface area contributed by atoms with E-state index in [4.69, 9.17) is 4.74 Å². The van der Waals surface area contributed by atoms with E-state index in [1.807, 2.05) is 26.8 Å². The number of aliphatic imine (C=N–C) groups is 1. The first-order valence-corrected chi connectivity index (χ1v) is 8.65. The van der Waals surface area contributed by atoms with E-state index in [0.29, 0.717) is 19.7 Å². The summed E-state index contributed by atoms with van der Waals surface area (Å²) in [5.41, 5.74) is 3.19. The monoisotopic (exact) mass is 341 g/mol. The molecule has 0 aliphatic carbocycles. The summed E-state index contributed by atoms with van der Waals surface area (Å²) in [6.07, 6.45) is 1.77. The summed E-state index contributed by atoms with van der Waals surface area (Å²) < 4.78 is 5.73. The third kappa shape index (κ3) is 6.06. The summed E-state index contributed by atoms with van der Waals surface area (Å²) in [6, 6.07) is 8.10. The zero-order valence-electron chi connectivity index (χ0n) is 15.5. The molecule has 0 aliphatic heterocycles. The molecule has 2 N–H and O–H groups in total. The average molecular weight is 341 g/mol. The van der Waals surface area contributed by atoms with Crippen LogP contribution in [0.3, 0.4) is 0 Å². The maximum Gasteiger partial charge on any atom is 0.191 e. The number of hydrogen-bond acceptors (Lipinski definition) is 4. The molecule has 6 heteroatoms. The standard InChI is InChI=1S/C19H27N5O/c1-5-20-19(23-13-17-9-10-21-15(4)24-17)22-12-16-8-7-14(3)11-18(16)25-6-2/h7-11H,5-6,12-13H2,1-4H3,(H2,20,22,23). The Hall–Kier alpha value is -2.63. The number of aromatic nitrogens is 2. The molecule has 0 saturated carbocycles. The molecule has 0 amide bonds. The van der Waals surface area contributed by atoms with Gasteiger partial charge in [0.1, 0.15) is 11.6 Å². The zero-order valence-corrected chi connectivity index (χ0v) is 15.5. The molecule has 1 aromatic carbocycles. The Morgan fingerprint density at radius 2 is 2.00 bits per heavy atom. The van der Waals surface area contributed by atoms with Crippen LogP contribution in [-0.2, 0) is 13.1 Å². The highest BCUT2D eigenvalue weighted by molar-refractivity contribution is 5.79. The van der Waals surface area contributed by atoms with Gasteiger partial charge in [0.05, 0.1) is 25.4 Å². The number of guanidine groups is 1. The Balaban J connectivity index is 2.06. The largest absolute Gasteiger partial charge is 0.494 e. The van der Waals surface area contributed by atoms with Crippen LogP contribution in [-0.4, -0.2) is 29.1 Å². The van der Waals surface area contributed by atoms with Crippen LogP contribution in [0.2, 0.25) is 0 Å². The van der Waals surface area contributed by atoms with Crippen molar-refractivity contribution in [3.05, 3.63) is 53.1 Å². The average Bonchev–Trinajstić information content (AvgIpc) is 2.59. The van der Waals surface area contributed by atoms with Crippen molar-refractivity contribution in [1.82, 2.24) is 20.6 Å². The molecule has 0 spiro atoms. The maximum absolute atomic E-state index is 5.73. The SMILES string of the molecule is CCNC(=NCc1ccc(C)cc1OCC)NCc1ccnc(C)n1.